The molecule has 0 radical (unpaired) electrons. The molecule has 0 bridgehead atoms. The molecular formula is C20H15ClN4O2S3. The van der Waals surface area contributed by atoms with Crippen molar-refractivity contribution in [1.82, 2.24) is 9.97 Å². The van der Waals surface area contributed by atoms with E-state index in [1.165, 1.54) is 34.4 Å². The van der Waals surface area contributed by atoms with Crippen LogP contribution in [0.3, 0.4) is 0 Å². The maximum atomic E-state index is 12.5. The van der Waals surface area contributed by atoms with Crippen molar-refractivity contribution in [3.05, 3.63) is 64.6 Å². The van der Waals surface area contributed by atoms with Gasteiger partial charge in [0.25, 0.3) is 5.91 Å². The Morgan fingerprint density at radius 1 is 1.17 bits per heavy atom. The molecule has 10 heteroatoms. The van der Waals surface area contributed by atoms with Crippen LogP contribution in [0.4, 0.5) is 10.8 Å². The lowest BCUT2D eigenvalue weighted by atomic mass is 10.2. The van der Waals surface area contributed by atoms with E-state index in [9.17, 15) is 9.59 Å². The number of thioether (sulfide) groups is 1. The second kappa shape index (κ2) is 9.13. The Morgan fingerprint density at radius 3 is 2.77 bits per heavy atom. The molecule has 2 N–H and O–H groups in total. The number of anilines is 2. The molecule has 2 aromatic carbocycles. The largest absolute Gasteiger partial charge is 0.322 e. The number of hydrogen-bond donors (Lipinski definition) is 2. The number of aromatic nitrogens is 2. The highest BCUT2D eigenvalue weighted by atomic mass is 35.5. The molecule has 0 aliphatic heterocycles. The van der Waals surface area contributed by atoms with Gasteiger partial charge in [-0.15, -0.1) is 22.7 Å². The van der Waals surface area contributed by atoms with Gasteiger partial charge in [0.1, 0.15) is 0 Å². The van der Waals surface area contributed by atoms with Gasteiger partial charge in [0, 0.05) is 17.3 Å². The number of halogens is 1. The maximum absolute atomic E-state index is 12.5. The van der Waals surface area contributed by atoms with Gasteiger partial charge in [0.15, 0.2) is 9.47 Å². The van der Waals surface area contributed by atoms with E-state index >= 15 is 0 Å². The first-order valence-corrected chi connectivity index (χ1v) is 11.8. The third kappa shape index (κ3) is 4.81. The van der Waals surface area contributed by atoms with Crippen LogP contribution in [0.2, 0.25) is 5.02 Å². The molecule has 0 aliphatic carbocycles. The van der Waals surface area contributed by atoms with Crippen LogP contribution in [0.5, 0.6) is 0 Å². The molecule has 152 valence electrons. The van der Waals surface area contributed by atoms with Gasteiger partial charge in [0.2, 0.25) is 5.91 Å². The van der Waals surface area contributed by atoms with Gasteiger partial charge in [-0.25, -0.2) is 9.97 Å². The molecule has 6 nitrogen and oxygen atoms in total. The predicted molar refractivity (Wildman–Crippen MR) is 125 cm³/mol. The predicted octanol–water partition coefficient (Wildman–Crippen LogP) is 5.78. The summed E-state index contributed by atoms with van der Waals surface area (Å²) in [6, 6.07) is 12.4. The van der Waals surface area contributed by atoms with Gasteiger partial charge in [0.05, 0.1) is 26.1 Å². The molecule has 0 fully saturated rings. The molecule has 2 amide bonds. The van der Waals surface area contributed by atoms with E-state index in [4.69, 9.17) is 11.6 Å². The van der Waals surface area contributed by atoms with Gasteiger partial charge in [-0.3, -0.25) is 9.59 Å². The topological polar surface area (TPSA) is 84.0 Å². The number of hydrogen-bond acceptors (Lipinski definition) is 7. The smallest absolute Gasteiger partial charge is 0.257 e. The lowest BCUT2D eigenvalue weighted by Gasteiger charge is -2.07. The SMILES string of the molecule is C[C@H](Sc1nc2ccc(NC(=O)c3ccccc3Cl)cc2s1)C(=O)Nc1nccs1. The monoisotopic (exact) mass is 474 g/mol. The van der Waals surface area contributed by atoms with Crippen LogP contribution in [0, 0.1) is 0 Å². The van der Waals surface area contributed by atoms with Gasteiger partial charge >= 0.3 is 0 Å². The maximum Gasteiger partial charge on any atom is 0.257 e. The zero-order valence-electron chi connectivity index (χ0n) is 15.6. The highest BCUT2D eigenvalue weighted by Crippen LogP contribution is 2.34. The number of benzene rings is 2. The number of carbonyl (C=O) groups excluding carboxylic acids is 2. The molecule has 0 aliphatic rings. The standard InChI is InChI=1S/C20H15ClN4O2S3/c1-11(17(26)25-19-22-8-9-28-19)29-20-24-15-7-6-12(10-16(15)30-20)23-18(27)13-4-2-3-5-14(13)21/h2-11H,1H3,(H,23,27)(H,22,25,26)/t11-/m0/s1. The third-order valence-corrected chi connectivity index (χ3v) is 7.28. The summed E-state index contributed by atoms with van der Waals surface area (Å²) in [5.41, 5.74) is 1.88. The van der Waals surface area contributed by atoms with Crippen molar-refractivity contribution in [3.8, 4) is 0 Å². The van der Waals surface area contributed by atoms with E-state index in [0.717, 1.165) is 14.6 Å². The number of nitrogens with zero attached hydrogens (tertiary/aromatic N) is 2. The van der Waals surface area contributed by atoms with E-state index in [0.29, 0.717) is 21.4 Å². The summed E-state index contributed by atoms with van der Waals surface area (Å²) in [6.45, 7) is 1.83. The van der Waals surface area contributed by atoms with Crippen LogP contribution < -0.4 is 10.6 Å². The number of thiazole rings is 2. The van der Waals surface area contributed by atoms with Crippen molar-refractivity contribution in [1.29, 1.82) is 0 Å². The summed E-state index contributed by atoms with van der Waals surface area (Å²) in [7, 11) is 0. The number of nitrogens with one attached hydrogen (secondary N) is 2. The molecule has 30 heavy (non-hydrogen) atoms. The summed E-state index contributed by atoms with van der Waals surface area (Å²) in [5.74, 6) is -0.395. The third-order valence-electron chi connectivity index (χ3n) is 4.05. The van der Waals surface area contributed by atoms with E-state index in [1.54, 1.807) is 36.5 Å². The second-order valence-electron chi connectivity index (χ2n) is 6.18. The first-order valence-electron chi connectivity index (χ1n) is 8.83. The lowest BCUT2D eigenvalue weighted by molar-refractivity contribution is -0.115. The van der Waals surface area contributed by atoms with E-state index in [1.807, 2.05) is 24.4 Å². The molecular weight excluding hydrogens is 460 g/mol. The summed E-state index contributed by atoms with van der Waals surface area (Å²) >= 11 is 10.3. The van der Waals surface area contributed by atoms with Gasteiger partial charge in [-0.2, -0.15) is 0 Å². The molecule has 4 aromatic rings. The molecule has 2 aromatic heterocycles. The van der Waals surface area contributed by atoms with Crippen LogP contribution >= 0.6 is 46.0 Å². The summed E-state index contributed by atoms with van der Waals surface area (Å²) in [6.07, 6.45) is 1.65. The Hall–Kier alpha value is -2.46. The lowest BCUT2D eigenvalue weighted by Crippen LogP contribution is -2.22. The molecule has 2 heterocycles. The minimum absolute atomic E-state index is 0.123. The van der Waals surface area contributed by atoms with Gasteiger partial charge in [-0.05, 0) is 37.3 Å². The second-order valence-corrected chi connectivity index (χ2v) is 10.1. The van der Waals surface area contributed by atoms with Crippen LogP contribution in [0.15, 0.2) is 58.4 Å². The summed E-state index contributed by atoms with van der Waals surface area (Å²) < 4.78 is 1.70. The Labute approximate surface area is 189 Å². The van der Waals surface area contributed by atoms with E-state index < -0.39 is 0 Å². The summed E-state index contributed by atoms with van der Waals surface area (Å²) in [5, 5.41) is 8.12. The Balaban J connectivity index is 1.45. The first kappa shape index (κ1) is 20.8. The highest BCUT2D eigenvalue weighted by molar-refractivity contribution is 8.02. The molecule has 1 atom stereocenters. The van der Waals surface area contributed by atoms with Crippen molar-refractivity contribution in [2.24, 2.45) is 0 Å². The Kier molecular flexibility index (Phi) is 6.33. The quantitative estimate of drug-likeness (QED) is 0.346. The molecule has 4 rings (SSSR count). The fourth-order valence-corrected chi connectivity index (χ4v) is 5.58. The molecule has 0 saturated heterocycles. The van der Waals surface area contributed by atoms with Crippen molar-refractivity contribution < 1.29 is 9.59 Å². The zero-order chi connectivity index (χ0) is 21.1. The first-order chi connectivity index (χ1) is 14.5. The zero-order valence-corrected chi connectivity index (χ0v) is 18.8. The van der Waals surface area contributed by atoms with Crippen molar-refractivity contribution in [3.63, 3.8) is 0 Å². The highest BCUT2D eigenvalue weighted by Gasteiger charge is 2.18. The fraction of sp³-hybridized carbons (Fsp3) is 0.100. The number of amides is 2. The fourth-order valence-electron chi connectivity index (χ4n) is 2.57. The van der Waals surface area contributed by atoms with Crippen LogP contribution in [-0.4, -0.2) is 27.0 Å². The van der Waals surface area contributed by atoms with Crippen LogP contribution in [-0.2, 0) is 4.79 Å². The van der Waals surface area contributed by atoms with Gasteiger partial charge < -0.3 is 10.6 Å². The minimum atomic E-state index is -0.325. The minimum Gasteiger partial charge on any atom is -0.322 e. The van der Waals surface area contributed by atoms with Crippen LogP contribution in [0.1, 0.15) is 17.3 Å². The Bertz CT molecular complexity index is 1210. The normalized spacial score (nSPS) is 11.9. The molecule has 0 saturated carbocycles. The Morgan fingerprint density at radius 2 is 2.00 bits per heavy atom. The number of carbonyl (C=O) groups is 2. The average molecular weight is 475 g/mol. The van der Waals surface area contributed by atoms with Crippen molar-refractivity contribution >= 4 is 78.9 Å². The van der Waals surface area contributed by atoms with E-state index in [2.05, 4.69) is 20.6 Å². The van der Waals surface area contributed by atoms with Crippen LogP contribution in [0.25, 0.3) is 10.2 Å². The molecule has 0 spiro atoms. The van der Waals surface area contributed by atoms with Gasteiger partial charge in [-0.1, -0.05) is 35.5 Å². The summed E-state index contributed by atoms with van der Waals surface area (Å²) in [4.78, 5) is 33.4. The van der Waals surface area contributed by atoms with Crippen molar-refractivity contribution in [2.45, 2.75) is 16.5 Å². The molecule has 0 unspecified atom stereocenters. The number of rotatable bonds is 6. The average Bonchev–Trinajstić information content (AvgIpc) is 3.37. The van der Waals surface area contributed by atoms with Crippen molar-refractivity contribution in [2.75, 3.05) is 10.6 Å². The van der Waals surface area contributed by atoms with E-state index in [-0.39, 0.29) is 17.1 Å². The number of fused-ring (bicyclic) bond motifs is 1.